The van der Waals surface area contributed by atoms with E-state index < -0.39 is 6.04 Å². The minimum atomic E-state index is -0.451. The number of aliphatic imine (C=N–C) groups is 1. The number of likely N-dealkylation sites (N-methyl/N-ethyl adjacent to an activating group) is 1. The number of nitrogens with zero attached hydrogens (tertiary/aromatic N) is 4. The number of thioether (sulfide) groups is 1. The summed E-state index contributed by atoms with van der Waals surface area (Å²) in [6.45, 7) is 5.05. The van der Waals surface area contributed by atoms with E-state index in [0.717, 1.165) is 42.6 Å². The zero-order chi connectivity index (χ0) is 25.9. The number of carbonyl (C=O) groups excluding carboxylic acids is 2. The summed E-state index contributed by atoms with van der Waals surface area (Å²) < 4.78 is 5.50. The van der Waals surface area contributed by atoms with Gasteiger partial charge in [-0.15, -0.1) is 0 Å². The number of ether oxygens (including phenoxy) is 1. The van der Waals surface area contributed by atoms with Gasteiger partial charge >= 0.3 is 0 Å². The highest BCUT2D eigenvalue weighted by Crippen LogP contribution is 2.45. The van der Waals surface area contributed by atoms with Gasteiger partial charge in [-0.3, -0.25) is 9.59 Å². The first-order valence-electron chi connectivity index (χ1n) is 12.4. The van der Waals surface area contributed by atoms with Crippen molar-refractivity contribution < 1.29 is 14.3 Å². The van der Waals surface area contributed by atoms with Crippen molar-refractivity contribution in [2.75, 3.05) is 45.7 Å². The first-order chi connectivity index (χ1) is 17.9. The van der Waals surface area contributed by atoms with E-state index in [-0.39, 0.29) is 18.2 Å². The summed E-state index contributed by atoms with van der Waals surface area (Å²) in [6, 6.07) is 16.7. The molecular formula is C28H31N5O3S. The fourth-order valence-electron chi connectivity index (χ4n) is 4.83. The van der Waals surface area contributed by atoms with Gasteiger partial charge in [0.1, 0.15) is 5.75 Å². The maximum Gasteiger partial charge on any atom is 0.255 e. The summed E-state index contributed by atoms with van der Waals surface area (Å²) in [4.78, 5) is 38.0. The molecule has 2 aromatic carbocycles. The number of methoxy groups -OCH3 is 1. The topological polar surface area (TPSA) is 77.5 Å². The van der Waals surface area contributed by atoms with Gasteiger partial charge in [-0.25, -0.2) is 4.99 Å². The van der Waals surface area contributed by atoms with Crippen molar-refractivity contribution in [3.8, 4) is 5.75 Å². The van der Waals surface area contributed by atoms with Gasteiger partial charge < -0.3 is 24.8 Å². The van der Waals surface area contributed by atoms with Gasteiger partial charge in [0, 0.05) is 37.6 Å². The molecule has 192 valence electrons. The Morgan fingerprint density at radius 2 is 1.84 bits per heavy atom. The second kappa shape index (κ2) is 10.8. The Labute approximate surface area is 221 Å². The van der Waals surface area contributed by atoms with Crippen molar-refractivity contribution in [3.05, 3.63) is 82.5 Å². The number of rotatable bonds is 6. The average Bonchev–Trinajstić information content (AvgIpc) is 3.30. The van der Waals surface area contributed by atoms with Gasteiger partial charge in [-0.2, -0.15) is 0 Å². The molecule has 2 amide bonds. The van der Waals surface area contributed by atoms with Crippen LogP contribution in [0.3, 0.4) is 0 Å². The van der Waals surface area contributed by atoms with Gasteiger partial charge in [0.05, 0.1) is 30.8 Å². The van der Waals surface area contributed by atoms with Crippen LogP contribution in [-0.4, -0.2) is 72.0 Å². The van der Waals surface area contributed by atoms with Crippen LogP contribution in [0.2, 0.25) is 0 Å². The summed E-state index contributed by atoms with van der Waals surface area (Å²) >= 11 is 1.49. The molecule has 0 aliphatic carbocycles. The van der Waals surface area contributed by atoms with Crippen molar-refractivity contribution in [3.63, 3.8) is 0 Å². The van der Waals surface area contributed by atoms with E-state index in [9.17, 15) is 9.59 Å². The number of allylic oxidation sites excluding steroid dienone is 1. The molecule has 3 heterocycles. The third-order valence-corrected chi connectivity index (χ3v) is 7.76. The highest BCUT2D eigenvalue weighted by Gasteiger charge is 2.41. The molecule has 9 heteroatoms. The number of piperazine rings is 1. The standard InChI is InChI=1S/C28H31N5O3S/c1-19-25(27(35)30-21-9-5-4-6-10-21)26(20-8-7-11-23(16-20)36-3)33-22(18-37-28(33)29-19)17-24(34)32-14-12-31(2)13-15-32/h4-11,16,18,26H,12-15,17H2,1-3H3,(H,30,35)/t26-/m1/s1. The zero-order valence-corrected chi connectivity index (χ0v) is 22.1. The fraction of sp³-hybridized carbons (Fsp3) is 0.321. The molecule has 0 aromatic heterocycles. The Hall–Kier alpha value is -3.56. The maximum atomic E-state index is 13.7. The number of fused-ring (bicyclic) bond motifs is 1. The van der Waals surface area contributed by atoms with E-state index in [1.165, 1.54) is 11.8 Å². The third kappa shape index (κ3) is 5.28. The zero-order valence-electron chi connectivity index (χ0n) is 21.3. The monoisotopic (exact) mass is 517 g/mol. The van der Waals surface area contributed by atoms with Gasteiger partial charge in [0.2, 0.25) is 5.91 Å². The Kier molecular flexibility index (Phi) is 7.34. The molecule has 37 heavy (non-hydrogen) atoms. The number of amides is 2. The number of nitrogens with one attached hydrogen (secondary N) is 1. The minimum Gasteiger partial charge on any atom is -0.497 e. The van der Waals surface area contributed by atoms with E-state index in [0.29, 0.717) is 22.7 Å². The summed E-state index contributed by atoms with van der Waals surface area (Å²) in [5.74, 6) is 0.570. The molecule has 1 atom stereocenters. The Morgan fingerprint density at radius 1 is 1.08 bits per heavy atom. The smallest absolute Gasteiger partial charge is 0.255 e. The van der Waals surface area contributed by atoms with Gasteiger partial charge in [0.25, 0.3) is 5.91 Å². The second-order valence-corrected chi connectivity index (χ2v) is 10.2. The van der Waals surface area contributed by atoms with Crippen LogP contribution in [0.1, 0.15) is 24.9 Å². The number of hydrogen-bond donors (Lipinski definition) is 1. The van der Waals surface area contributed by atoms with Crippen molar-refractivity contribution in [1.29, 1.82) is 0 Å². The third-order valence-electron chi connectivity index (χ3n) is 6.87. The quantitative estimate of drug-likeness (QED) is 0.623. The molecule has 3 aliphatic rings. The molecule has 0 spiro atoms. The molecule has 1 saturated heterocycles. The lowest BCUT2D eigenvalue weighted by molar-refractivity contribution is -0.132. The average molecular weight is 518 g/mol. The van der Waals surface area contributed by atoms with Gasteiger partial charge in [-0.1, -0.05) is 42.1 Å². The van der Waals surface area contributed by atoms with Crippen molar-refractivity contribution in [1.82, 2.24) is 14.7 Å². The van der Waals surface area contributed by atoms with Crippen LogP contribution in [-0.2, 0) is 9.59 Å². The fourth-order valence-corrected chi connectivity index (χ4v) is 5.79. The minimum absolute atomic E-state index is 0.0900. The Morgan fingerprint density at radius 3 is 2.57 bits per heavy atom. The Balaban J connectivity index is 1.49. The van der Waals surface area contributed by atoms with Crippen LogP contribution in [0.25, 0.3) is 0 Å². The summed E-state index contributed by atoms with van der Waals surface area (Å²) in [5, 5.41) is 5.79. The van der Waals surface area contributed by atoms with Crippen LogP contribution in [0, 0.1) is 0 Å². The number of anilines is 1. The van der Waals surface area contributed by atoms with E-state index in [4.69, 9.17) is 9.73 Å². The lowest BCUT2D eigenvalue weighted by Gasteiger charge is -2.37. The number of hydrogen-bond acceptors (Lipinski definition) is 7. The number of amidine groups is 1. The van der Waals surface area contributed by atoms with Crippen LogP contribution >= 0.6 is 11.8 Å². The predicted octanol–water partition coefficient (Wildman–Crippen LogP) is 4.07. The SMILES string of the molecule is COc1cccc([C@@H]2C(C(=O)Nc3ccccc3)=C(C)N=C3SC=C(CC(=O)N4CCN(C)CC4)N32)c1. The van der Waals surface area contributed by atoms with Crippen LogP contribution in [0.15, 0.2) is 82.0 Å². The van der Waals surface area contributed by atoms with Crippen molar-refractivity contribution in [2.24, 2.45) is 4.99 Å². The number of benzene rings is 2. The predicted molar refractivity (Wildman–Crippen MR) is 147 cm³/mol. The van der Waals surface area contributed by atoms with Gasteiger partial charge in [0.15, 0.2) is 5.17 Å². The first-order valence-corrected chi connectivity index (χ1v) is 13.2. The molecule has 0 bridgehead atoms. The molecule has 0 saturated carbocycles. The molecule has 2 aromatic rings. The summed E-state index contributed by atoms with van der Waals surface area (Å²) in [6.07, 6.45) is 0.253. The molecule has 1 fully saturated rings. The molecule has 8 nitrogen and oxygen atoms in total. The summed E-state index contributed by atoms with van der Waals surface area (Å²) in [5.41, 5.74) is 3.65. The van der Waals surface area contributed by atoms with Crippen LogP contribution in [0.4, 0.5) is 5.69 Å². The van der Waals surface area contributed by atoms with E-state index >= 15 is 0 Å². The molecule has 0 unspecified atom stereocenters. The van der Waals surface area contributed by atoms with Crippen molar-refractivity contribution in [2.45, 2.75) is 19.4 Å². The maximum absolute atomic E-state index is 13.7. The molecule has 0 radical (unpaired) electrons. The molecule has 5 rings (SSSR count). The Bertz CT molecular complexity index is 1280. The lowest BCUT2D eigenvalue weighted by atomic mass is 9.93. The molecule has 3 aliphatic heterocycles. The highest BCUT2D eigenvalue weighted by molar-refractivity contribution is 8.16. The first kappa shape index (κ1) is 25.1. The highest BCUT2D eigenvalue weighted by atomic mass is 32.2. The number of carbonyl (C=O) groups is 2. The van der Waals surface area contributed by atoms with E-state index in [2.05, 4.69) is 17.3 Å². The molecular weight excluding hydrogens is 486 g/mol. The van der Waals surface area contributed by atoms with Crippen LogP contribution < -0.4 is 10.1 Å². The summed E-state index contributed by atoms with van der Waals surface area (Å²) in [7, 11) is 3.70. The van der Waals surface area contributed by atoms with E-state index in [1.54, 1.807) is 7.11 Å². The lowest BCUT2D eigenvalue weighted by Crippen LogP contribution is -2.47. The van der Waals surface area contributed by atoms with Crippen LogP contribution in [0.5, 0.6) is 5.75 Å². The second-order valence-electron chi connectivity index (χ2n) is 9.35. The largest absolute Gasteiger partial charge is 0.497 e. The van der Waals surface area contributed by atoms with Crippen molar-refractivity contribution >= 4 is 34.4 Å². The van der Waals surface area contributed by atoms with E-state index in [1.807, 2.05) is 76.7 Å². The normalized spacial score (nSPS) is 19.8. The van der Waals surface area contributed by atoms with Gasteiger partial charge in [-0.05, 0) is 49.2 Å². The number of para-hydroxylation sites is 1. The molecule has 1 N–H and O–H groups in total.